The molecule has 0 aromatic carbocycles. The fraction of sp³-hybridized carbons (Fsp3) is 0.688. The molecule has 1 rings (SSSR count). The Labute approximate surface area is 115 Å². The number of aliphatic hydroxyl groups excluding tert-OH is 1. The predicted octanol–water partition coefficient (Wildman–Crippen LogP) is 2.99. The lowest BCUT2D eigenvalue weighted by atomic mass is 10.1. The lowest BCUT2D eigenvalue weighted by Gasteiger charge is -1.98. The molecule has 3 heteroatoms. The van der Waals surface area contributed by atoms with Crippen LogP contribution in [0.15, 0.2) is 12.2 Å². The number of hydrogen-bond donors (Lipinski definition) is 2. The van der Waals surface area contributed by atoms with Gasteiger partial charge in [0.1, 0.15) is 6.10 Å². The van der Waals surface area contributed by atoms with Gasteiger partial charge in [-0.3, -0.25) is 4.79 Å². The second kappa shape index (κ2) is 8.77. The van der Waals surface area contributed by atoms with Crippen LogP contribution in [0.5, 0.6) is 0 Å². The van der Waals surface area contributed by atoms with E-state index in [4.69, 9.17) is 10.2 Å². The number of unbranched alkanes of at least 4 members (excludes halogenated alkanes) is 1. The van der Waals surface area contributed by atoms with Crippen molar-refractivity contribution < 1.29 is 15.0 Å². The maximum absolute atomic E-state index is 10.4. The number of rotatable bonds is 8. The second-order valence-corrected chi connectivity index (χ2v) is 5.34. The van der Waals surface area contributed by atoms with Gasteiger partial charge in [0.15, 0.2) is 0 Å². The Kier molecular flexibility index (Phi) is 7.28. The number of carbonyl (C=O) groups is 1. The predicted molar refractivity (Wildman–Crippen MR) is 75.5 cm³/mol. The fourth-order valence-corrected chi connectivity index (χ4v) is 2.32. The van der Waals surface area contributed by atoms with Crippen molar-refractivity contribution in [2.45, 2.75) is 58.0 Å². The van der Waals surface area contributed by atoms with Gasteiger partial charge in [-0.1, -0.05) is 30.8 Å². The quantitative estimate of drug-likeness (QED) is 0.523. The van der Waals surface area contributed by atoms with Crippen LogP contribution in [0.4, 0.5) is 0 Å². The summed E-state index contributed by atoms with van der Waals surface area (Å²) in [6.45, 7) is 1.65. The summed E-state index contributed by atoms with van der Waals surface area (Å²) in [5.41, 5.74) is 0. The summed E-state index contributed by atoms with van der Waals surface area (Å²) in [5, 5.41) is 17.5. The molecule has 0 spiro atoms. The number of hydrogen-bond acceptors (Lipinski definition) is 2. The Morgan fingerprint density at radius 3 is 2.79 bits per heavy atom. The Bertz CT molecular complexity index is 360. The Morgan fingerprint density at radius 1 is 1.37 bits per heavy atom. The normalized spacial score (nSPS) is 22.8. The Balaban J connectivity index is 1.96. The van der Waals surface area contributed by atoms with Gasteiger partial charge >= 0.3 is 5.97 Å². The van der Waals surface area contributed by atoms with Crippen molar-refractivity contribution in [2.75, 3.05) is 0 Å². The minimum Gasteiger partial charge on any atom is -0.481 e. The van der Waals surface area contributed by atoms with E-state index in [1.54, 1.807) is 6.92 Å². The minimum absolute atomic E-state index is 0.308. The number of aliphatic carboxylic acids is 1. The summed E-state index contributed by atoms with van der Waals surface area (Å²) in [4.78, 5) is 10.4. The van der Waals surface area contributed by atoms with Crippen LogP contribution in [-0.2, 0) is 4.79 Å². The molecule has 3 unspecified atom stereocenters. The van der Waals surface area contributed by atoms with Gasteiger partial charge in [0.05, 0.1) is 0 Å². The summed E-state index contributed by atoms with van der Waals surface area (Å²) in [6, 6.07) is 0. The zero-order chi connectivity index (χ0) is 14.1. The van der Waals surface area contributed by atoms with E-state index in [1.165, 1.54) is 19.3 Å². The molecule has 0 aromatic heterocycles. The first-order valence-electron chi connectivity index (χ1n) is 7.15. The van der Waals surface area contributed by atoms with Crippen molar-refractivity contribution >= 4 is 5.97 Å². The molecular weight excluding hydrogens is 240 g/mol. The van der Waals surface area contributed by atoms with E-state index >= 15 is 0 Å². The van der Waals surface area contributed by atoms with Crippen LogP contribution in [0.25, 0.3) is 0 Å². The molecule has 1 fully saturated rings. The standard InChI is InChI=1S/C16H24O3/c1-13(17)8-4-2-3-5-9-14-12-15(14)10-6-7-11-16(18)19/h2-3,13-15,17H,5-7,9-12H2,1H3,(H,18,19)/b3-2+. The van der Waals surface area contributed by atoms with Crippen LogP contribution in [0.1, 0.15) is 51.9 Å². The third-order valence-corrected chi connectivity index (χ3v) is 3.48. The monoisotopic (exact) mass is 264 g/mol. The molecule has 2 N–H and O–H groups in total. The average molecular weight is 264 g/mol. The van der Waals surface area contributed by atoms with E-state index in [9.17, 15) is 4.79 Å². The van der Waals surface area contributed by atoms with Gasteiger partial charge in [-0.2, -0.15) is 0 Å². The Hall–Kier alpha value is -1.27. The molecule has 3 atom stereocenters. The maximum atomic E-state index is 10.4. The summed E-state index contributed by atoms with van der Waals surface area (Å²) < 4.78 is 0. The molecule has 1 aliphatic carbocycles. The molecule has 3 nitrogen and oxygen atoms in total. The van der Waals surface area contributed by atoms with Crippen molar-refractivity contribution in [3.63, 3.8) is 0 Å². The van der Waals surface area contributed by atoms with Crippen LogP contribution < -0.4 is 0 Å². The van der Waals surface area contributed by atoms with Gasteiger partial charge in [-0.05, 0) is 50.5 Å². The average Bonchev–Trinajstić information content (AvgIpc) is 3.07. The molecule has 0 bridgehead atoms. The number of allylic oxidation sites excluding steroid dienone is 2. The van der Waals surface area contributed by atoms with Gasteiger partial charge < -0.3 is 10.2 Å². The van der Waals surface area contributed by atoms with Gasteiger partial charge in [0.25, 0.3) is 0 Å². The maximum Gasteiger partial charge on any atom is 0.303 e. The zero-order valence-electron chi connectivity index (χ0n) is 11.6. The van der Waals surface area contributed by atoms with Crippen molar-refractivity contribution in [1.82, 2.24) is 0 Å². The molecule has 0 saturated heterocycles. The van der Waals surface area contributed by atoms with Crippen molar-refractivity contribution in [1.29, 1.82) is 0 Å². The smallest absolute Gasteiger partial charge is 0.303 e. The lowest BCUT2D eigenvalue weighted by Crippen LogP contribution is -1.94. The van der Waals surface area contributed by atoms with Crippen molar-refractivity contribution in [2.24, 2.45) is 11.8 Å². The second-order valence-electron chi connectivity index (χ2n) is 5.34. The first kappa shape index (κ1) is 15.8. The van der Waals surface area contributed by atoms with Crippen LogP contribution >= 0.6 is 0 Å². The van der Waals surface area contributed by atoms with E-state index in [0.717, 1.165) is 31.1 Å². The third-order valence-electron chi connectivity index (χ3n) is 3.48. The highest BCUT2D eigenvalue weighted by Gasteiger charge is 2.34. The minimum atomic E-state index is -0.684. The molecule has 0 radical (unpaired) electrons. The van der Waals surface area contributed by atoms with E-state index < -0.39 is 12.1 Å². The first-order chi connectivity index (χ1) is 9.09. The molecule has 106 valence electrons. The van der Waals surface area contributed by atoms with Gasteiger partial charge in [-0.15, -0.1) is 0 Å². The topological polar surface area (TPSA) is 57.5 Å². The Morgan fingerprint density at radius 2 is 2.11 bits per heavy atom. The summed E-state index contributed by atoms with van der Waals surface area (Å²) in [5.74, 6) is 6.45. The summed E-state index contributed by atoms with van der Waals surface area (Å²) >= 11 is 0. The van der Waals surface area contributed by atoms with E-state index in [-0.39, 0.29) is 0 Å². The highest BCUT2D eigenvalue weighted by atomic mass is 16.4. The summed E-state index contributed by atoms with van der Waals surface area (Å²) in [7, 11) is 0. The third kappa shape index (κ3) is 8.45. The molecule has 1 aliphatic rings. The number of aliphatic hydroxyl groups is 1. The number of carboxylic acids is 1. The van der Waals surface area contributed by atoms with Crippen LogP contribution in [0.3, 0.4) is 0 Å². The first-order valence-corrected chi connectivity index (χ1v) is 7.15. The SMILES string of the molecule is CC(O)C#C/C=C/CCC1CC1CCCCC(=O)O. The molecule has 1 saturated carbocycles. The van der Waals surface area contributed by atoms with Gasteiger partial charge in [-0.25, -0.2) is 0 Å². The molecule has 0 aromatic rings. The van der Waals surface area contributed by atoms with Crippen LogP contribution in [0, 0.1) is 23.7 Å². The van der Waals surface area contributed by atoms with Crippen LogP contribution in [0.2, 0.25) is 0 Å². The molecule has 19 heavy (non-hydrogen) atoms. The van der Waals surface area contributed by atoms with Crippen LogP contribution in [-0.4, -0.2) is 22.3 Å². The summed E-state index contributed by atoms with van der Waals surface area (Å²) in [6.07, 6.45) is 10.2. The zero-order valence-corrected chi connectivity index (χ0v) is 11.6. The highest BCUT2D eigenvalue weighted by Crippen LogP contribution is 2.45. The van der Waals surface area contributed by atoms with Crippen molar-refractivity contribution in [3.8, 4) is 11.8 Å². The fourth-order valence-electron chi connectivity index (χ4n) is 2.32. The number of carboxylic acid groups (broad SMARTS) is 1. The van der Waals surface area contributed by atoms with E-state index in [2.05, 4.69) is 17.9 Å². The largest absolute Gasteiger partial charge is 0.481 e. The molecule has 0 aliphatic heterocycles. The van der Waals surface area contributed by atoms with Gasteiger partial charge in [0.2, 0.25) is 0 Å². The lowest BCUT2D eigenvalue weighted by molar-refractivity contribution is -0.137. The van der Waals surface area contributed by atoms with E-state index in [1.807, 2.05) is 6.08 Å². The van der Waals surface area contributed by atoms with Gasteiger partial charge in [0, 0.05) is 6.42 Å². The molecule has 0 heterocycles. The van der Waals surface area contributed by atoms with Crippen molar-refractivity contribution in [3.05, 3.63) is 12.2 Å². The highest BCUT2D eigenvalue weighted by molar-refractivity contribution is 5.66. The van der Waals surface area contributed by atoms with E-state index in [0.29, 0.717) is 6.42 Å². The molecule has 0 amide bonds. The molecular formula is C16H24O3.